The largest absolute Gasteiger partial charge is 0.361 e. The molecule has 1 aromatic carbocycles. The first kappa shape index (κ1) is 19.6. The summed E-state index contributed by atoms with van der Waals surface area (Å²) in [6, 6.07) is 8.16. The molecule has 0 aliphatic rings. The van der Waals surface area contributed by atoms with Crippen LogP contribution >= 0.6 is 23.6 Å². The number of rotatable bonds is 8. The molecule has 25 heavy (non-hydrogen) atoms. The lowest BCUT2D eigenvalue weighted by atomic mass is 10.1. The molecule has 1 heterocycles. The Kier molecular flexibility index (Phi) is 8.08. The van der Waals surface area contributed by atoms with E-state index < -0.39 is 0 Å². The topological polar surface area (TPSA) is 66.0 Å². The average Bonchev–Trinajstić information content (AvgIpc) is 2.99. The highest BCUT2D eigenvalue weighted by Crippen LogP contribution is 2.22. The molecule has 0 saturated heterocycles. The van der Waals surface area contributed by atoms with Crippen molar-refractivity contribution in [3.8, 4) is 0 Å². The number of unbranched alkanes of at least 4 members (excludes halogenated alkanes) is 1. The first-order chi connectivity index (χ1) is 12.0. The number of carbonyl (C=O) groups is 1. The van der Waals surface area contributed by atoms with Crippen LogP contribution in [0.3, 0.4) is 0 Å². The van der Waals surface area contributed by atoms with Gasteiger partial charge in [0.2, 0.25) is 5.91 Å². The van der Waals surface area contributed by atoms with E-state index in [2.05, 4.69) is 41.1 Å². The Morgan fingerprint density at radius 1 is 1.24 bits per heavy atom. The quantitative estimate of drug-likeness (QED) is 0.372. The number of thiocarbonyl (C=S) groups is 1. The minimum absolute atomic E-state index is 0.0442. The van der Waals surface area contributed by atoms with E-state index in [9.17, 15) is 4.79 Å². The van der Waals surface area contributed by atoms with Crippen LogP contribution in [-0.4, -0.2) is 22.5 Å². The molecule has 3 N–H and O–H groups in total. The fourth-order valence-corrected chi connectivity index (χ4v) is 3.46. The maximum Gasteiger partial charge on any atom is 0.238 e. The van der Waals surface area contributed by atoms with Crippen molar-refractivity contribution in [3.05, 3.63) is 29.3 Å². The van der Waals surface area contributed by atoms with Gasteiger partial charge in [-0.3, -0.25) is 15.6 Å². The minimum atomic E-state index is -0.0442. The van der Waals surface area contributed by atoms with Crippen LogP contribution in [0.25, 0.3) is 10.2 Å². The van der Waals surface area contributed by atoms with E-state index in [1.807, 2.05) is 18.2 Å². The summed E-state index contributed by atoms with van der Waals surface area (Å²) in [5.41, 5.74) is 6.44. The molecular weight excluding hydrogens is 352 g/mol. The summed E-state index contributed by atoms with van der Waals surface area (Å²) in [7, 11) is 0. The molecule has 5 nitrogen and oxygen atoms in total. The number of thiazole rings is 1. The van der Waals surface area contributed by atoms with E-state index in [0.29, 0.717) is 17.5 Å². The molecule has 0 aliphatic carbocycles. The number of amides is 1. The number of fused-ring (bicyclic) bond motifs is 1. The molecule has 0 fully saturated rings. The predicted octanol–water partition coefficient (Wildman–Crippen LogP) is 3.55. The number of aromatic nitrogens is 1. The van der Waals surface area contributed by atoms with Crippen LogP contribution in [0.5, 0.6) is 0 Å². The lowest BCUT2D eigenvalue weighted by Crippen LogP contribution is -2.47. The third kappa shape index (κ3) is 7.36. The molecule has 0 radical (unpaired) electrons. The Morgan fingerprint density at radius 3 is 2.80 bits per heavy atom. The van der Waals surface area contributed by atoms with E-state index in [4.69, 9.17) is 12.2 Å². The molecule has 0 spiro atoms. The zero-order valence-corrected chi connectivity index (χ0v) is 16.4. The van der Waals surface area contributed by atoms with Crippen molar-refractivity contribution >= 4 is 44.8 Å². The summed E-state index contributed by atoms with van der Waals surface area (Å²) in [6.45, 7) is 5.13. The molecule has 0 unspecified atom stereocenters. The van der Waals surface area contributed by atoms with Crippen molar-refractivity contribution in [1.82, 2.24) is 21.2 Å². The van der Waals surface area contributed by atoms with E-state index in [0.717, 1.165) is 42.8 Å². The summed E-state index contributed by atoms with van der Waals surface area (Å²) in [4.78, 5) is 16.4. The van der Waals surface area contributed by atoms with Crippen LogP contribution < -0.4 is 16.2 Å². The second-order valence-electron chi connectivity index (χ2n) is 6.39. The number of carbonyl (C=O) groups excluding carboxylic acids is 1. The van der Waals surface area contributed by atoms with E-state index in [-0.39, 0.29) is 5.91 Å². The average molecular weight is 379 g/mol. The summed E-state index contributed by atoms with van der Waals surface area (Å²) >= 11 is 6.84. The zero-order valence-electron chi connectivity index (χ0n) is 14.8. The van der Waals surface area contributed by atoms with Crippen molar-refractivity contribution in [2.24, 2.45) is 5.92 Å². The van der Waals surface area contributed by atoms with E-state index >= 15 is 0 Å². The zero-order chi connectivity index (χ0) is 18.1. The number of nitrogens with zero attached hydrogens (tertiary/aromatic N) is 1. The van der Waals surface area contributed by atoms with Gasteiger partial charge in [-0.1, -0.05) is 26.0 Å². The van der Waals surface area contributed by atoms with Gasteiger partial charge in [-0.05, 0) is 56.0 Å². The number of aryl methyl sites for hydroxylation is 1. The van der Waals surface area contributed by atoms with Crippen molar-refractivity contribution in [3.63, 3.8) is 0 Å². The molecule has 0 saturated carbocycles. The summed E-state index contributed by atoms with van der Waals surface area (Å²) in [5, 5.41) is 4.67. The molecule has 1 aromatic heterocycles. The van der Waals surface area contributed by atoms with Crippen molar-refractivity contribution in [1.29, 1.82) is 0 Å². The fourth-order valence-electron chi connectivity index (χ4n) is 2.30. The molecule has 136 valence electrons. The standard InChI is InChI=1S/C18H26N4OS2/c1-13(2)11-12-19-18(24)22-21-16(23)9-5-6-10-17-20-14-7-3-4-8-15(14)25-17/h3-4,7-8,13H,5-6,9-12H2,1-2H3,(H,21,23)(H2,19,22,24). The Labute approximate surface area is 158 Å². The summed E-state index contributed by atoms with van der Waals surface area (Å²) in [6.07, 6.45) is 4.21. The molecule has 2 aromatic rings. The Morgan fingerprint density at radius 2 is 2.04 bits per heavy atom. The first-order valence-electron chi connectivity index (χ1n) is 8.71. The highest BCUT2D eigenvalue weighted by Gasteiger charge is 2.05. The number of nitrogens with one attached hydrogen (secondary N) is 3. The van der Waals surface area contributed by atoms with Gasteiger partial charge in [0, 0.05) is 13.0 Å². The summed E-state index contributed by atoms with van der Waals surface area (Å²) in [5.74, 6) is 0.581. The Balaban J connectivity index is 1.56. The van der Waals surface area contributed by atoms with E-state index in [1.54, 1.807) is 11.3 Å². The maximum atomic E-state index is 11.8. The fraction of sp³-hybridized carbons (Fsp3) is 0.500. The van der Waals surface area contributed by atoms with Gasteiger partial charge >= 0.3 is 0 Å². The molecule has 7 heteroatoms. The number of para-hydroxylation sites is 1. The van der Waals surface area contributed by atoms with Crippen LogP contribution in [0.1, 0.15) is 44.5 Å². The van der Waals surface area contributed by atoms with Crippen LogP contribution in [-0.2, 0) is 11.2 Å². The molecule has 0 aliphatic heterocycles. The maximum absolute atomic E-state index is 11.8. The summed E-state index contributed by atoms with van der Waals surface area (Å²) < 4.78 is 1.22. The lowest BCUT2D eigenvalue weighted by Gasteiger charge is -2.12. The SMILES string of the molecule is CC(C)CCNC(=S)NNC(=O)CCCCc1nc2ccccc2s1. The molecule has 0 bridgehead atoms. The molecule has 2 rings (SSSR count). The highest BCUT2D eigenvalue weighted by atomic mass is 32.1. The highest BCUT2D eigenvalue weighted by molar-refractivity contribution is 7.80. The van der Waals surface area contributed by atoms with Crippen molar-refractivity contribution < 1.29 is 4.79 Å². The Hall–Kier alpha value is -1.73. The monoisotopic (exact) mass is 378 g/mol. The molecular formula is C18H26N4OS2. The predicted molar refractivity (Wildman–Crippen MR) is 109 cm³/mol. The number of hydrogen-bond acceptors (Lipinski definition) is 4. The van der Waals surface area contributed by atoms with Crippen molar-refractivity contribution in [2.75, 3.05) is 6.54 Å². The van der Waals surface area contributed by atoms with Gasteiger partial charge in [0.1, 0.15) is 0 Å². The third-order valence-electron chi connectivity index (χ3n) is 3.71. The molecule has 1 amide bonds. The van der Waals surface area contributed by atoms with Crippen LogP contribution in [0.15, 0.2) is 24.3 Å². The van der Waals surface area contributed by atoms with Crippen LogP contribution in [0.2, 0.25) is 0 Å². The van der Waals surface area contributed by atoms with Gasteiger partial charge in [0.05, 0.1) is 15.2 Å². The van der Waals surface area contributed by atoms with Crippen molar-refractivity contribution in [2.45, 2.75) is 46.0 Å². The smallest absolute Gasteiger partial charge is 0.238 e. The number of benzene rings is 1. The number of hydrogen-bond donors (Lipinski definition) is 3. The number of hydrazine groups is 1. The minimum Gasteiger partial charge on any atom is -0.361 e. The second kappa shape index (κ2) is 10.3. The molecule has 0 atom stereocenters. The van der Waals surface area contributed by atoms with Gasteiger partial charge in [-0.25, -0.2) is 4.98 Å². The van der Waals surface area contributed by atoms with Crippen LogP contribution in [0.4, 0.5) is 0 Å². The van der Waals surface area contributed by atoms with Gasteiger partial charge in [-0.15, -0.1) is 11.3 Å². The Bertz CT molecular complexity index is 666. The first-order valence-corrected chi connectivity index (χ1v) is 9.94. The van der Waals surface area contributed by atoms with Crippen LogP contribution in [0, 0.1) is 5.92 Å². The van der Waals surface area contributed by atoms with Gasteiger partial charge < -0.3 is 5.32 Å². The van der Waals surface area contributed by atoms with Gasteiger partial charge in [0.25, 0.3) is 0 Å². The van der Waals surface area contributed by atoms with Gasteiger partial charge in [-0.2, -0.15) is 0 Å². The normalized spacial score (nSPS) is 10.8. The van der Waals surface area contributed by atoms with Gasteiger partial charge in [0.15, 0.2) is 5.11 Å². The third-order valence-corrected chi connectivity index (χ3v) is 5.05. The second-order valence-corrected chi connectivity index (χ2v) is 7.92. The van der Waals surface area contributed by atoms with E-state index in [1.165, 1.54) is 4.70 Å². The lowest BCUT2D eigenvalue weighted by molar-refractivity contribution is -0.121.